The Morgan fingerprint density at radius 2 is 1.96 bits per heavy atom. The van der Waals surface area contributed by atoms with E-state index in [1.807, 2.05) is 0 Å². The molecule has 0 saturated carbocycles. The van der Waals surface area contributed by atoms with Crippen molar-refractivity contribution < 1.29 is 9.53 Å². The Kier molecular flexibility index (Phi) is 9.24. The Balaban J connectivity index is 2.83. The highest BCUT2D eigenvalue weighted by Gasteiger charge is 2.29. The molecule has 4 heteroatoms. The van der Waals surface area contributed by atoms with Gasteiger partial charge in [-0.3, -0.25) is 0 Å². The molecule has 1 aliphatic carbocycles. The highest BCUT2D eigenvalue weighted by Crippen LogP contribution is 2.38. The Morgan fingerprint density at radius 3 is 2.54 bits per heavy atom. The average Bonchev–Trinajstić information content (AvgIpc) is 2.59. The minimum atomic E-state index is -0.369. The van der Waals surface area contributed by atoms with E-state index >= 15 is 0 Å². The molecule has 0 aromatic carbocycles. The summed E-state index contributed by atoms with van der Waals surface area (Å²) in [6.07, 6.45) is 9.36. The zero-order valence-electron chi connectivity index (χ0n) is 17.8. The summed E-state index contributed by atoms with van der Waals surface area (Å²) in [6, 6.07) is 0.411. The van der Waals surface area contributed by atoms with Crippen LogP contribution in [0, 0.1) is 11.3 Å². The molecule has 0 saturated heterocycles. The highest BCUT2D eigenvalue weighted by molar-refractivity contribution is 5.89. The molecule has 26 heavy (non-hydrogen) atoms. The van der Waals surface area contributed by atoms with Crippen LogP contribution in [0.2, 0.25) is 0 Å². The van der Waals surface area contributed by atoms with Gasteiger partial charge in [0.15, 0.2) is 0 Å². The Bertz CT molecular complexity index is 520. The van der Waals surface area contributed by atoms with E-state index in [2.05, 4.69) is 52.9 Å². The zero-order chi connectivity index (χ0) is 19.7. The first-order chi connectivity index (χ1) is 12.2. The summed E-state index contributed by atoms with van der Waals surface area (Å²) in [4.78, 5) is 12.5. The van der Waals surface area contributed by atoms with Crippen molar-refractivity contribution in [2.75, 3.05) is 6.61 Å². The maximum atomic E-state index is 12.5. The molecule has 3 N–H and O–H groups in total. The van der Waals surface area contributed by atoms with Crippen molar-refractivity contribution in [3.05, 3.63) is 23.0 Å². The Morgan fingerprint density at radius 1 is 1.27 bits per heavy atom. The number of carbonyl (C=O) groups excluding carboxylic acids is 1. The third-order valence-electron chi connectivity index (χ3n) is 5.29. The lowest BCUT2D eigenvalue weighted by molar-refractivity contribution is -0.140. The molecule has 0 aromatic rings. The number of carbonyl (C=O) groups is 1. The number of ether oxygens (including phenoxy) is 1. The van der Waals surface area contributed by atoms with Crippen molar-refractivity contribution >= 4 is 5.97 Å². The van der Waals surface area contributed by atoms with Crippen molar-refractivity contribution in [2.45, 2.75) is 92.5 Å². The lowest BCUT2D eigenvalue weighted by Gasteiger charge is -2.33. The van der Waals surface area contributed by atoms with Crippen LogP contribution in [0.5, 0.6) is 0 Å². The van der Waals surface area contributed by atoms with Gasteiger partial charge in [0.25, 0.3) is 0 Å². The van der Waals surface area contributed by atoms with E-state index in [1.54, 1.807) is 0 Å². The van der Waals surface area contributed by atoms with Crippen LogP contribution in [0.1, 0.15) is 86.5 Å². The summed E-state index contributed by atoms with van der Waals surface area (Å²) in [5, 5.41) is 3.55. The summed E-state index contributed by atoms with van der Waals surface area (Å²) in [7, 11) is 0. The number of allylic oxidation sites excluding steroid dienone is 3. The first-order valence-electron chi connectivity index (χ1n) is 10.3. The van der Waals surface area contributed by atoms with Crippen LogP contribution in [0.3, 0.4) is 0 Å². The molecule has 0 aromatic heterocycles. The maximum absolute atomic E-state index is 12.5. The van der Waals surface area contributed by atoms with Crippen LogP contribution >= 0.6 is 0 Å². The number of esters is 1. The molecule has 0 bridgehead atoms. The van der Waals surface area contributed by atoms with Gasteiger partial charge < -0.3 is 15.8 Å². The summed E-state index contributed by atoms with van der Waals surface area (Å²) in [5.74, 6) is 0.0597. The van der Waals surface area contributed by atoms with Crippen LogP contribution in [0.15, 0.2) is 23.0 Å². The van der Waals surface area contributed by atoms with E-state index in [9.17, 15) is 4.79 Å². The van der Waals surface area contributed by atoms with Gasteiger partial charge in [-0.25, -0.2) is 4.79 Å². The topological polar surface area (TPSA) is 64.3 Å². The lowest BCUT2D eigenvalue weighted by atomic mass is 9.76. The first-order valence-corrected chi connectivity index (χ1v) is 10.3. The average molecular weight is 365 g/mol. The Labute approximate surface area is 160 Å². The first kappa shape index (κ1) is 22.6. The van der Waals surface area contributed by atoms with Crippen LogP contribution in [-0.4, -0.2) is 18.6 Å². The molecular weight excluding hydrogens is 324 g/mol. The van der Waals surface area contributed by atoms with Crippen LogP contribution in [-0.2, 0) is 9.53 Å². The lowest BCUT2D eigenvalue weighted by Crippen LogP contribution is -2.31. The van der Waals surface area contributed by atoms with Crippen molar-refractivity contribution in [1.29, 1.82) is 0 Å². The second kappa shape index (κ2) is 10.6. The van der Waals surface area contributed by atoms with Gasteiger partial charge in [-0.15, -0.1) is 0 Å². The third kappa shape index (κ3) is 7.43. The molecule has 4 nitrogen and oxygen atoms in total. The fourth-order valence-electron chi connectivity index (χ4n) is 3.39. The van der Waals surface area contributed by atoms with Gasteiger partial charge >= 0.3 is 5.97 Å². The van der Waals surface area contributed by atoms with Crippen molar-refractivity contribution in [1.82, 2.24) is 5.32 Å². The van der Waals surface area contributed by atoms with Crippen molar-refractivity contribution in [3.63, 3.8) is 0 Å². The molecule has 2 unspecified atom stereocenters. The maximum Gasteiger partial charge on any atom is 0.354 e. The van der Waals surface area contributed by atoms with Crippen molar-refractivity contribution in [2.24, 2.45) is 17.1 Å². The zero-order valence-corrected chi connectivity index (χ0v) is 17.8. The Hall–Kier alpha value is -1.45. The number of nitrogens with two attached hydrogens (primary N) is 1. The molecule has 0 amide bonds. The van der Waals surface area contributed by atoms with E-state index in [0.29, 0.717) is 18.6 Å². The van der Waals surface area contributed by atoms with E-state index in [-0.39, 0.29) is 17.1 Å². The fraction of sp³-hybridized carbons (Fsp3) is 0.773. The van der Waals surface area contributed by atoms with E-state index in [0.717, 1.165) is 43.4 Å². The van der Waals surface area contributed by atoms with Crippen LogP contribution < -0.4 is 11.1 Å². The van der Waals surface area contributed by atoms with Gasteiger partial charge in [-0.1, -0.05) is 53.9 Å². The predicted molar refractivity (Wildman–Crippen MR) is 109 cm³/mol. The van der Waals surface area contributed by atoms with Crippen molar-refractivity contribution in [3.8, 4) is 0 Å². The predicted octanol–water partition coefficient (Wildman–Crippen LogP) is 5.05. The summed E-state index contributed by atoms with van der Waals surface area (Å²) in [5.41, 5.74) is 8.61. The standard InChI is InChI=1S/C22H40N2O2/c1-7-10-11-17(9-3)15-26-21(25)20(23)18-12-19(24-16(4)8-2)14-22(5,6)13-18/h12,16-17,24H,7-11,13-15,23H2,1-6H3/b20-18-. The van der Waals surface area contributed by atoms with Gasteiger partial charge in [0, 0.05) is 11.7 Å². The molecule has 0 radical (unpaired) electrons. The summed E-state index contributed by atoms with van der Waals surface area (Å²) >= 11 is 0. The quantitative estimate of drug-likeness (QED) is 0.420. The van der Waals surface area contributed by atoms with Crippen LogP contribution in [0.25, 0.3) is 0 Å². The van der Waals surface area contributed by atoms with Gasteiger partial charge in [-0.2, -0.15) is 0 Å². The van der Waals surface area contributed by atoms with E-state index < -0.39 is 0 Å². The largest absolute Gasteiger partial charge is 0.461 e. The second-order valence-corrected chi connectivity index (χ2v) is 8.59. The van der Waals surface area contributed by atoms with Gasteiger partial charge in [0.2, 0.25) is 0 Å². The van der Waals surface area contributed by atoms with E-state index in [4.69, 9.17) is 10.5 Å². The normalized spacial score (nSPS) is 20.8. The highest BCUT2D eigenvalue weighted by atomic mass is 16.5. The smallest absolute Gasteiger partial charge is 0.354 e. The SMILES string of the molecule is CCCCC(CC)COC(=O)/C(N)=C1\C=C(NC(C)CC)CC(C)(C)C1. The molecule has 0 fully saturated rings. The fourth-order valence-corrected chi connectivity index (χ4v) is 3.39. The van der Waals surface area contributed by atoms with Gasteiger partial charge in [-0.05, 0) is 55.6 Å². The minimum absolute atomic E-state index is 0.0812. The molecule has 1 rings (SSSR count). The molecule has 1 aliphatic rings. The molecular formula is C22H40N2O2. The van der Waals surface area contributed by atoms with Crippen LogP contribution in [0.4, 0.5) is 0 Å². The summed E-state index contributed by atoms with van der Waals surface area (Å²) < 4.78 is 5.54. The molecule has 2 atom stereocenters. The minimum Gasteiger partial charge on any atom is -0.461 e. The number of nitrogens with one attached hydrogen (secondary N) is 1. The number of unbranched alkanes of at least 4 members (excludes halogenated alkanes) is 1. The second-order valence-electron chi connectivity index (χ2n) is 8.59. The van der Waals surface area contributed by atoms with Gasteiger partial charge in [0.05, 0.1) is 6.61 Å². The number of hydrogen-bond acceptors (Lipinski definition) is 4. The van der Waals surface area contributed by atoms with E-state index in [1.165, 1.54) is 12.8 Å². The number of hydrogen-bond donors (Lipinski definition) is 2. The molecule has 150 valence electrons. The monoisotopic (exact) mass is 364 g/mol. The molecule has 0 spiro atoms. The molecule has 0 heterocycles. The number of rotatable bonds is 10. The molecule has 0 aliphatic heterocycles. The van der Waals surface area contributed by atoms with Gasteiger partial charge in [0.1, 0.15) is 5.70 Å². The third-order valence-corrected chi connectivity index (χ3v) is 5.29. The summed E-state index contributed by atoms with van der Waals surface area (Å²) in [6.45, 7) is 13.6.